The summed E-state index contributed by atoms with van der Waals surface area (Å²) in [5.74, 6) is 2.45. The highest BCUT2D eigenvalue weighted by molar-refractivity contribution is 7.35. The fourth-order valence-electron chi connectivity index (χ4n) is 4.86. The van der Waals surface area contributed by atoms with Crippen molar-refractivity contribution < 1.29 is 28.1 Å². The van der Waals surface area contributed by atoms with Crippen LogP contribution in [0.4, 0.5) is 0 Å². The number of fused-ring (bicyclic) bond motifs is 3. The van der Waals surface area contributed by atoms with Gasteiger partial charge < -0.3 is 28.1 Å². The van der Waals surface area contributed by atoms with Crippen molar-refractivity contribution in [3.05, 3.63) is 12.1 Å². The van der Waals surface area contributed by atoms with Gasteiger partial charge in [-0.05, 0) is 79.4 Å². The molecule has 3 aromatic rings. The lowest BCUT2D eigenvalue weighted by molar-refractivity contribution is 0.00578. The van der Waals surface area contributed by atoms with Crippen LogP contribution in [0.5, 0.6) is 11.5 Å². The average Bonchev–Trinajstić information content (AvgIpc) is 3.62. The molecule has 42 heavy (non-hydrogen) atoms. The number of ether oxygens (including phenoxy) is 2. The second kappa shape index (κ2) is 11.3. The monoisotopic (exact) mass is 614 g/mol. The third-order valence-corrected chi connectivity index (χ3v) is 12.3. The van der Waals surface area contributed by atoms with Crippen molar-refractivity contribution in [2.24, 2.45) is 11.8 Å². The average molecular weight is 614 g/mol. The first-order valence-corrected chi connectivity index (χ1v) is 17.1. The van der Waals surface area contributed by atoms with Crippen LogP contribution < -0.4 is 19.0 Å². The second-order valence-corrected chi connectivity index (χ2v) is 16.4. The van der Waals surface area contributed by atoms with E-state index in [0.29, 0.717) is 25.0 Å². The van der Waals surface area contributed by atoms with Crippen LogP contribution >= 0.6 is 22.7 Å². The molecule has 2 fully saturated rings. The summed E-state index contributed by atoms with van der Waals surface area (Å²) in [6, 6.07) is 4.38. The molecule has 0 aliphatic carbocycles. The smallest absolute Gasteiger partial charge is 0.489 e. The van der Waals surface area contributed by atoms with Gasteiger partial charge in [-0.1, -0.05) is 40.5 Å². The third kappa shape index (κ3) is 5.65. The minimum atomic E-state index is -0.447. The van der Waals surface area contributed by atoms with Gasteiger partial charge in [-0.15, -0.1) is 22.7 Å². The lowest BCUT2D eigenvalue weighted by Crippen LogP contribution is -2.41. The van der Waals surface area contributed by atoms with Crippen LogP contribution in [0.25, 0.3) is 20.2 Å². The van der Waals surface area contributed by atoms with E-state index in [1.165, 1.54) is 0 Å². The molecule has 2 atom stereocenters. The molecule has 0 spiro atoms. The molecule has 0 saturated carbocycles. The lowest BCUT2D eigenvalue weighted by Gasteiger charge is -2.32. The van der Waals surface area contributed by atoms with Crippen molar-refractivity contribution in [2.75, 3.05) is 13.2 Å². The van der Waals surface area contributed by atoms with E-state index in [-0.39, 0.29) is 0 Å². The van der Waals surface area contributed by atoms with Crippen LogP contribution in [0.1, 0.15) is 95.9 Å². The van der Waals surface area contributed by atoms with Crippen LogP contribution in [0.2, 0.25) is 0 Å². The Morgan fingerprint density at radius 1 is 0.619 bits per heavy atom. The van der Waals surface area contributed by atoms with Crippen LogP contribution in [-0.4, -0.2) is 49.9 Å². The summed E-state index contributed by atoms with van der Waals surface area (Å²) in [5.41, 5.74) is -1.68. The molecule has 230 valence electrons. The normalized spacial score (nSPS) is 22.3. The first-order chi connectivity index (χ1) is 19.5. The van der Waals surface area contributed by atoms with Crippen LogP contribution in [0, 0.1) is 11.8 Å². The summed E-state index contributed by atoms with van der Waals surface area (Å²) in [6.07, 6.45) is 2.09. The second-order valence-electron chi connectivity index (χ2n) is 14.3. The Labute approximate surface area is 261 Å². The van der Waals surface area contributed by atoms with Gasteiger partial charge in [-0.3, -0.25) is 0 Å². The molecule has 1 aromatic carbocycles. The van der Waals surface area contributed by atoms with Gasteiger partial charge >= 0.3 is 14.2 Å². The maximum atomic E-state index is 6.68. The Hall–Kier alpha value is -1.29. The van der Waals surface area contributed by atoms with Crippen molar-refractivity contribution in [2.45, 2.75) is 118 Å². The molecule has 2 aromatic heterocycles. The standard InChI is InChI=1S/C32H48B2O6S2/c1-13-19(3)17-35-25-21-15-23(33-37-29(5,6)30(7,8)38-33)41-27(21)28-22(26(25)36-18-20(4)14-2)16-24(42-28)34-39-31(9,10)32(11,12)40-34/h15-16,19-20H,13-14,17-18H2,1-12H3. The van der Waals surface area contributed by atoms with Gasteiger partial charge in [0.1, 0.15) is 0 Å². The van der Waals surface area contributed by atoms with E-state index in [4.69, 9.17) is 28.1 Å². The molecular formula is C32H48B2O6S2. The number of benzene rings is 1. The Balaban J connectivity index is 1.69. The summed E-state index contributed by atoms with van der Waals surface area (Å²) in [7, 11) is -0.895. The summed E-state index contributed by atoms with van der Waals surface area (Å²) in [6.45, 7) is 26.8. The SMILES string of the molecule is CCC(C)COc1c(OCC(C)CC)c2cc(B3OC(C)(C)C(C)(C)O3)sc2c2sc(B3OC(C)(C)C(C)(C)O3)cc12. The number of thiophene rings is 2. The summed E-state index contributed by atoms with van der Waals surface area (Å²) in [4.78, 5) is 0. The molecule has 6 nitrogen and oxygen atoms in total. The topological polar surface area (TPSA) is 55.4 Å². The van der Waals surface area contributed by atoms with E-state index in [1.807, 2.05) is 0 Å². The highest BCUT2D eigenvalue weighted by atomic mass is 32.1. The summed E-state index contributed by atoms with van der Waals surface area (Å²) >= 11 is 3.43. The lowest BCUT2D eigenvalue weighted by atomic mass is 9.87. The highest BCUT2D eigenvalue weighted by Crippen LogP contribution is 2.49. The quantitative estimate of drug-likeness (QED) is 0.220. The van der Waals surface area contributed by atoms with E-state index in [9.17, 15) is 0 Å². The van der Waals surface area contributed by atoms with E-state index in [1.54, 1.807) is 22.7 Å². The third-order valence-electron chi connectivity index (χ3n) is 9.79. The van der Waals surface area contributed by atoms with Gasteiger partial charge in [0.05, 0.1) is 45.0 Å². The molecule has 2 aliphatic rings. The molecule has 0 radical (unpaired) electrons. The molecule has 2 aliphatic heterocycles. The van der Waals surface area contributed by atoms with Gasteiger partial charge in [0, 0.05) is 20.3 Å². The van der Waals surface area contributed by atoms with E-state index in [0.717, 1.165) is 54.1 Å². The zero-order valence-corrected chi connectivity index (χ0v) is 29.2. The predicted molar refractivity (Wildman–Crippen MR) is 179 cm³/mol. The Morgan fingerprint density at radius 3 is 1.21 bits per heavy atom. The Kier molecular flexibility index (Phi) is 8.61. The van der Waals surface area contributed by atoms with E-state index in [2.05, 4.69) is 95.2 Å². The number of hydrogen-bond acceptors (Lipinski definition) is 8. The van der Waals surface area contributed by atoms with Gasteiger partial charge in [-0.2, -0.15) is 0 Å². The first kappa shape index (κ1) is 32.1. The van der Waals surface area contributed by atoms with Gasteiger partial charge in [0.2, 0.25) is 0 Å². The van der Waals surface area contributed by atoms with Crippen molar-refractivity contribution >= 4 is 66.6 Å². The van der Waals surface area contributed by atoms with E-state index < -0.39 is 36.6 Å². The minimum absolute atomic E-state index is 0.419. The number of hydrogen-bond donors (Lipinski definition) is 0. The van der Waals surface area contributed by atoms with Crippen LogP contribution in [-0.2, 0) is 18.6 Å². The summed E-state index contributed by atoms with van der Waals surface area (Å²) < 4.78 is 43.6. The molecule has 5 rings (SSSR count). The molecular weight excluding hydrogens is 566 g/mol. The molecule has 0 amide bonds. The molecule has 0 bridgehead atoms. The fourth-order valence-corrected chi connectivity index (χ4v) is 7.25. The minimum Gasteiger partial charge on any atom is -0.489 e. The number of rotatable bonds is 10. The fraction of sp³-hybridized carbons (Fsp3) is 0.688. The first-order valence-electron chi connectivity index (χ1n) is 15.5. The molecule has 4 heterocycles. The Morgan fingerprint density at radius 2 is 0.929 bits per heavy atom. The maximum Gasteiger partial charge on any atom is 0.505 e. The summed E-state index contributed by atoms with van der Waals surface area (Å²) in [5, 5.41) is 2.09. The van der Waals surface area contributed by atoms with Gasteiger partial charge in [-0.25, -0.2) is 0 Å². The van der Waals surface area contributed by atoms with Crippen molar-refractivity contribution in [1.29, 1.82) is 0 Å². The van der Waals surface area contributed by atoms with E-state index >= 15 is 0 Å². The van der Waals surface area contributed by atoms with Crippen molar-refractivity contribution in [1.82, 2.24) is 0 Å². The largest absolute Gasteiger partial charge is 0.505 e. The van der Waals surface area contributed by atoms with Crippen molar-refractivity contribution in [3.8, 4) is 11.5 Å². The van der Waals surface area contributed by atoms with Gasteiger partial charge in [0.15, 0.2) is 11.5 Å². The zero-order chi connectivity index (χ0) is 30.8. The van der Waals surface area contributed by atoms with Crippen molar-refractivity contribution in [3.63, 3.8) is 0 Å². The van der Waals surface area contributed by atoms with Crippen LogP contribution in [0.3, 0.4) is 0 Å². The Bertz CT molecular complexity index is 1300. The maximum absolute atomic E-state index is 6.68. The zero-order valence-electron chi connectivity index (χ0n) is 27.6. The molecule has 0 N–H and O–H groups in total. The van der Waals surface area contributed by atoms with Crippen LogP contribution in [0.15, 0.2) is 12.1 Å². The molecule has 10 heteroatoms. The van der Waals surface area contributed by atoms with Gasteiger partial charge in [0.25, 0.3) is 0 Å². The highest BCUT2D eigenvalue weighted by Gasteiger charge is 2.53. The predicted octanol–water partition coefficient (Wildman–Crippen LogP) is 7.56. The molecule has 2 saturated heterocycles. The molecule has 2 unspecified atom stereocenters.